The highest BCUT2D eigenvalue weighted by atomic mass is 16.3. The second-order valence-electron chi connectivity index (χ2n) is 6.19. The zero-order chi connectivity index (χ0) is 13.5. The van der Waals surface area contributed by atoms with Gasteiger partial charge in [-0.25, -0.2) is 0 Å². The number of benzene rings is 1. The van der Waals surface area contributed by atoms with Crippen LogP contribution in [-0.2, 0) is 0 Å². The summed E-state index contributed by atoms with van der Waals surface area (Å²) in [7, 11) is 0. The van der Waals surface area contributed by atoms with E-state index in [1.165, 1.54) is 5.57 Å². The summed E-state index contributed by atoms with van der Waals surface area (Å²) in [4.78, 5) is 4.51. The molecule has 1 aliphatic carbocycles. The average molecular weight is 253 g/mol. The molecule has 2 heteroatoms. The summed E-state index contributed by atoms with van der Waals surface area (Å²) in [6, 6.07) is 10.3. The molecule has 0 saturated carbocycles. The minimum absolute atomic E-state index is 0.139. The Kier molecular flexibility index (Phi) is 2.90. The van der Waals surface area contributed by atoms with Gasteiger partial charge in [-0.1, -0.05) is 44.2 Å². The molecule has 2 nitrogen and oxygen atoms in total. The number of nitrogens with zero attached hydrogens (tertiary/aromatic N) is 1. The molecule has 0 aliphatic heterocycles. The van der Waals surface area contributed by atoms with E-state index < -0.39 is 0 Å². The van der Waals surface area contributed by atoms with Crippen molar-refractivity contribution in [2.75, 3.05) is 0 Å². The third-order valence-corrected chi connectivity index (χ3v) is 3.80. The molecule has 98 valence electrons. The number of rotatable bonds is 1. The molecule has 1 aromatic heterocycles. The summed E-state index contributed by atoms with van der Waals surface area (Å²) in [5, 5.41) is 11.2. The number of aliphatic hydroxyl groups is 1. The zero-order valence-electron chi connectivity index (χ0n) is 11.4. The van der Waals surface area contributed by atoms with Crippen molar-refractivity contribution < 1.29 is 5.11 Å². The minimum atomic E-state index is -0.349. The number of hydrogen-bond donors (Lipinski definition) is 1. The molecule has 1 unspecified atom stereocenters. The van der Waals surface area contributed by atoms with Crippen LogP contribution in [0.25, 0.3) is 16.5 Å². The first-order chi connectivity index (χ1) is 9.05. The molecular formula is C17H19NO. The van der Waals surface area contributed by atoms with Gasteiger partial charge in [0.2, 0.25) is 0 Å². The van der Waals surface area contributed by atoms with Crippen LogP contribution in [0.1, 0.15) is 32.3 Å². The van der Waals surface area contributed by atoms with E-state index in [9.17, 15) is 5.11 Å². The SMILES string of the molecule is CC1(C)CC(c2cccc3cccnc23)=CC(O)C1. The van der Waals surface area contributed by atoms with Crippen LogP contribution in [0, 0.1) is 5.41 Å². The Morgan fingerprint density at radius 3 is 2.79 bits per heavy atom. The summed E-state index contributed by atoms with van der Waals surface area (Å²) >= 11 is 0. The van der Waals surface area contributed by atoms with Crippen molar-refractivity contribution in [3.63, 3.8) is 0 Å². The molecule has 0 saturated heterocycles. The van der Waals surface area contributed by atoms with Gasteiger partial charge in [0, 0.05) is 17.1 Å². The van der Waals surface area contributed by atoms with Crippen molar-refractivity contribution >= 4 is 16.5 Å². The second-order valence-corrected chi connectivity index (χ2v) is 6.19. The summed E-state index contributed by atoms with van der Waals surface area (Å²) in [5.74, 6) is 0. The first-order valence-corrected chi connectivity index (χ1v) is 6.78. The van der Waals surface area contributed by atoms with Gasteiger partial charge >= 0.3 is 0 Å². The molecular weight excluding hydrogens is 234 g/mol. The van der Waals surface area contributed by atoms with Gasteiger partial charge in [0.15, 0.2) is 0 Å². The van der Waals surface area contributed by atoms with Crippen LogP contribution in [0.15, 0.2) is 42.6 Å². The molecule has 1 atom stereocenters. The van der Waals surface area contributed by atoms with E-state index in [4.69, 9.17) is 0 Å². The summed E-state index contributed by atoms with van der Waals surface area (Å²) in [6.45, 7) is 4.42. The van der Waals surface area contributed by atoms with Crippen LogP contribution in [0.5, 0.6) is 0 Å². The number of aliphatic hydroxyl groups excluding tert-OH is 1. The highest BCUT2D eigenvalue weighted by Crippen LogP contribution is 2.40. The lowest BCUT2D eigenvalue weighted by molar-refractivity contribution is 0.146. The van der Waals surface area contributed by atoms with E-state index in [0.717, 1.165) is 29.3 Å². The van der Waals surface area contributed by atoms with Gasteiger partial charge < -0.3 is 5.11 Å². The van der Waals surface area contributed by atoms with E-state index in [2.05, 4.69) is 43.1 Å². The molecule has 1 N–H and O–H groups in total. The van der Waals surface area contributed by atoms with Crippen molar-refractivity contribution in [1.82, 2.24) is 4.98 Å². The lowest BCUT2D eigenvalue weighted by Crippen LogP contribution is -2.24. The molecule has 3 rings (SSSR count). The quantitative estimate of drug-likeness (QED) is 0.838. The fourth-order valence-electron chi connectivity index (χ4n) is 3.05. The van der Waals surface area contributed by atoms with Gasteiger partial charge in [-0.15, -0.1) is 0 Å². The number of fused-ring (bicyclic) bond motifs is 1. The Morgan fingerprint density at radius 2 is 2.00 bits per heavy atom. The van der Waals surface area contributed by atoms with Gasteiger partial charge in [-0.05, 0) is 29.9 Å². The highest BCUT2D eigenvalue weighted by Gasteiger charge is 2.28. The standard InChI is InChI=1S/C17H19NO/c1-17(2)10-13(9-14(19)11-17)15-7-3-5-12-6-4-8-18-16(12)15/h3-9,14,19H,10-11H2,1-2H3. The van der Waals surface area contributed by atoms with E-state index in [0.29, 0.717) is 0 Å². The molecule has 2 aromatic rings. The molecule has 0 radical (unpaired) electrons. The summed E-state index contributed by atoms with van der Waals surface area (Å²) in [6.07, 6.45) is 5.29. The predicted octanol–water partition coefficient (Wildman–Crippen LogP) is 3.80. The fourth-order valence-corrected chi connectivity index (χ4v) is 3.05. The maximum atomic E-state index is 10.1. The van der Waals surface area contributed by atoms with Gasteiger partial charge in [0.25, 0.3) is 0 Å². The molecule has 19 heavy (non-hydrogen) atoms. The van der Waals surface area contributed by atoms with E-state index in [1.807, 2.05) is 18.3 Å². The normalized spacial score (nSPS) is 22.3. The van der Waals surface area contributed by atoms with Crippen molar-refractivity contribution in [2.45, 2.75) is 32.8 Å². The van der Waals surface area contributed by atoms with Crippen LogP contribution in [-0.4, -0.2) is 16.2 Å². The smallest absolute Gasteiger partial charge is 0.0776 e. The first-order valence-electron chi connectivity index (χ1n) is 6.78. The fraction of sp³-hybridized carbons (Fsp3) is 0.353. The van der Waals surface area contributed by atoms with Gasteiger partial charge in [-0.3, -0.25) is 4.98 Å². The highest BCUT2D eigenvalue weighted by molar-refractivity contribution is 5.91. The number of pyridine rings is 1. The number of hydrogen-bond acceptors (Lipinski definition) is 2. The Labute approximate surface area is 113 Å². The maximum Gasteiger partial charge on any atom is 0.0776 e. The van der Waals surface area contributed by atoms with E-state index >= 15 is 0 Å². The molecule has 0 amide bonds. The Bertz CT molecular complexity index is 637. The monoisotopic (exact) mass is 253 g/mol. The van der Waals surface area contributed by atoms with Crippen molar-refractivity contribution in [2.24, 2.45) is 5.41 Å². The number of para-hydroxylation sites is 1. The third-order valence-electron chi connectivity index (χ3n) is 3.80. The van der Waals surface area contributed by atoms with Crippen LogP contribution in [0.4, 0.5) is 0 Å². The van der Waals surface area contributed by atoms with Gasteiger partial charge in [-0.2, -0.15) is 0 Å². The minimum Gasteiger partial charge on any atom is -0.389 e. The van der Waals surface area contributed by atoms with Gasteiger partial charge in [0.05, 0.1) is 11.6 Å². The van der Waals surface area contributed by atoms with E-state index in [1.54, 1.807) is 0 Å². The van der Waals surface area contributed by atoms with Crippen molar-refractivity contribution in [3.05, 3.63) is 48.2 Å². The van der Waals surface area contributed by atoms with E-state index in [-0.39, 0.29) is 11.5 Å². The molecule has 0 fully saturated rings. The molecule has 1 aliphatic rings. The topological polar surface area (TPSA) is 33.1 Å². The first kappa shape index (κ1) is 12.4. The molecule has 1 heterocycles. The van der Waals surface area contributed by atoms with Crippen molar-refractivity contribution in [1.29, 1.82) is 0 Å². The maximum absolute atomic E-state index is 10.1. The Balaban J connectivity index is 2.14. The Morgan fingerprint density at radius 1 is 1.21 bits per heavy atom. The Hall–Kier alpha value is -1.67. The summed E-state index contributed by atoms with van der Waals surface area (Å²) < 4.78 is 0. The summed E-state index contributed by atoms with van der Waals surface area (Å²) in [5.41, 5.74) is 3.54. The molecule has 1 aromatic carbocycles. The van der Waals surface area contributed by atoms with Crippen LogP contribution >= 0.6 is 0 Å². The predicted molar refractivity (Wildman–Crippen MR) is 78.7 cm³/mol. The largest absolute Gasteiger partial charge is 0.389 e. The van der Waals surface area contributed by atoms with Crippen LogP contribution in [0.2, 0.25) is 0 Å². The van der Waals surface area contributed by atoms with Crippen LogP contribution < -0.4 is 0 Å². The van der Waals surface area contributed by atoms with Gasteiger partial charge in [0.1, 0.15) is 0 Å². The lowest BCUT2D eigenvalue weighted by Gasteiger charge is -2.32. The number of allylic oxidation sites excluding steroid dienone is 1. The zero-order valence-corrected chi connectivity index (χ0v) is 11.4. The third kappa shape index (κ3) is 2.41. The lowest BCUT2D eigenvalue weighted by atomic mass is 9.74. The van der Waals surface area contributed by atoms with Crippen molar-refractivity contribution in [3.8, 4) is 0 Å². The molecule has 0 bridgehead atoms. The van der Waals surface area contributed by atoms with Crippen LogP contribution in [0.3, 0.4) is 0 Å². The second kappa shape index (κ2) is 4.46. The average Bonchev–Trinajstić information content (AvgIpc) is 2.35. The number of aromatic nitrogens is 1. The molecule has 0 spiro atoms.